The lowest BCUT2D eigenvalue weighted by Gasteiger charge is -2.15. The Morgan fingerprint density at radius 1 is 1.16 bits per heavy atom. The van der Waals surface area contributed by atoms with Crippen molar-refractivity contribution < 1.29 is 27.8 Å². The standard InChI is InChI=1S/C28H27N3O6S/c1-3-4-14-37-22-7-10-24(11-8-22)38(34,35)30-26(28(32)33)15-21-19-31(18-20-6-5-13-29-17-20)27-12-9-23(36-2)16-25(21)27/h5-13,16-17,19,26,30H,14-15,18H2,1-2H3,(H,32,33)/t26-/m0/s1. The molecule has 0 radical (unpaired) electrons. The van der Waals surface area contributed by atoms with E-state index in [1.165, 1.54) is 24.3 Å². The maximum absolute atomic E-state index is 13.0. The first-order chi connectivity index (χ1) is 18.3. The minimum absolute atomic E-state index is 0.0710. The van der Waals surface area contributed by atoms with Gasteiger partial charge in [-0.2, -0.15) is 4.72 Å². The number of rotatable bonds is 11. The molecule has 1 atom stereocenters. The summed E-state index contributed by atoms with van der Waals surface area (Å²) in [4.78, 5) is 16.3. The van der Waals surface area contributed by atoms with Gasteiger partial charge in [0.05, 0.1) is 12.0 Å². The zero-order valence-corrected chi connectivity index (χ0v) is 21.7. The van der Waals surface area contributed by atoms with E-state index in [0.717, 1.165) is 16.5 Å². The molecule has 4 aromatic rings. The predicted molar refractivity (Wildman–Crippen MR) is 143 cm³/mol. The number of ether oxygens (including phenoxy) is 2. The highest BCUT2D eigenvalue weighted by molar-refractivity contribution is 7.89. The lowest BCUT2D eigenvalue weighted by Crippen LogP contribution is -2.42. The molecule has 0 saturated carbocycles. The van der Waals surface area contributed by atoms with Crippen LogP contribution in [0.4, 0.5) is 0 Å². The number of aliphatic carboxylic acids is 1. The fourth-order valence-corrected chi connectivity index (χ4v) is 5.21. The van der Waals surface area contributed by atoms with Crippen molar-refractivity contribution in [3.63, 3.8) is 0 Å². The monoisotopic (exact) mass is 533 g/mol. The van der Waals surface area contributed by atoms with Gasteiger partial charge in [-0.25, -0.2) is 8.42 Å². The molecule has 0 fully saturated rings. The quantitative estimate of drug-likeness (QED) is 0.283. The molecule has 2 N–H and O–H groups in total. The van der Waals surface area contributed by atoms with Gasteiger partial charge in [-0.1, -0.05) is 12.0 Å². The van der Waals surface area contributed by atoms with Crippen LogP contribution in [0.15, 0.2) is 78.1 Å². The van der Waals surface area contributed by atoms with E-state index in [-0.39, 0.29) is 17.9 Å². The number of aromatic nitrogens is 2. The minimum Gasteiger partial charge on any atom is -0.497 e. The lowest BCUT2D eigenvalue weighted by atomic mass is 10.1. The van der Waals surface area contributed by atoms with Crippen LogP contribution in [0.3, 0.4) is 0 Å². The highest BCUT2D eigenvalue weighted by Gasteiger charge is 2.27. The summed E-state index contributed by atoms with van der Waals surface area (Å²) in [5.74, 6) is 5.24. The Labute approximate surface area is 221 Å². The number of pyridine rings is 1. The molecular formula is C28H27N3O6S. The fraction of sp³-hybridized carbons (Fsp3) is 0.214. The smallest absolute Gasteiger partial charge is 0.322 e. The van der Waals surface area contributed by atoms with Crippen molar-refractivity contribution in [2.24, 2.45) is 0 Å². The minimum atomic E-state index is -4.13. The number of sulfonamides is 1. The molecule has 0 saturated heterocycles. The molecule has 0 aliphatic heterocycles. The number of carboxylic acids is 1. The molecule has 10 heteroatoms. The Balaban J connectivity index is 1.61. The summed E-state index contributed by atoms with van der Waals surface area (Å²) in [6.45, 7) is 2.39. The first kappa shape index (κ1) is 26.7. The first-order valence-electron chi connectivity index (χ1n) is 11.7. The maximum Gasteiger partial charge on any atom is 0.322 e. The summed E-state index contributed by atoms with van der Waals surface area (Å²) in [6, 6.07) is 13.6. The van der Waals surface area contributed by atoms with Gasteiger partial charge in [0.1, 0.15) is 24.1 Å². The van der Waals surface area contributed by atoms with Gasteiger partial charge < -0.3 is 19.1 Å². The van der Waals surface area contributed by atoms with E-state index in [0.29, 0.717) is 23.6 Å². The summed E-state index contributed by atoms with van der Waals surface area (Å²) in [6.07, 6.45) is 5.22. The molecule has 38 heavy (non-hydrogen) atoms. The summed E-state index contributed by atoms with van der Waals surface area (Å²) >= 11 is 0. The molecule has 0 unspecified atom stereocenters. The number of benzene rings is 2. The second kappa shape index (κ2) is 11.8. The average molecular weight is 534 g/mol. The molecule has 2 aromatic carbocycles. The second-order valence-corrected chi connectivity index (χ2v) is 10.1. The summed E-state index contributed by atoms with van der Waals surface area (Å²) in [5, 5.41) is 10.7. The van der Waals surface area contributed by atoms with E-state index in [1.54, 1.807) is 26.4 Å². The number of fused-ring (bicyclic) bond motifs is 1. The van der Waals surface area contributed by atoms with E-state index >= 15 is 0 Å². The molecule has 0 amide bonds. The van der Waals surface area contributed by atoms with Gasteiger partial charge in [-0.15, -0.1) is 5.92 Å². The van der Waals surface area contributed by atoms with Crippen LogP contribution >= 0.6 is 0 Å². The molecule has 2 aromatic heterocycles. The predicted octanol–water partition coefficient (Wildman–Crippen LogP) is 3.47. The van der Waals surface area contributed by atoms with E-state index in [4.69, 9.17) is 9.47 Å². The number of nitrogens with zero attached hydrogens (tertiary/aromatic N) is 2. The van der Waals surface area contributed by atoms with Gasteiger partial charge in [0.2, 0.25) is 10.0 Å². The van der Waals surface area contributed by atoms with Crippen molar-refractivity contribution in [3.05, 3.63) is 84.3 Å². The van der Waals surface area contributed by atoms with Crippen LogP contribution in [-0.2, 0) is 27.8 Å². The summed E-state index contributed by atoms with van der Waals surface area (Å²) < 4.78 is 41.2. The summed E-state index contributed by atoms with van der Waals surface area (Å²) in [7, 11) is -2.58. The van der Waals surface area contributed by atoms with Crippen molar-refractivity contribution in [2.45, 2.75) is 30.8 Å². The fourth-order valence-electron chi connectivity index (χ4n) is 4.02. The van der Waals surface area contributed by atoms with Crippen molar-refractivity contribution in [1.82, 2.24) is 14.3 Å². The molecule has 9 nitrogen and oxygen atoms in total. The molecule has 2 heterocycles. The number of carboxylic acid groups (broad SMARTS) is 1. The molecule has 0 aliphatic rings. The zero-order valence-electron chi connectivity index (χ0n) is 20.9. The van der Waals surface area contributed by atoms with Crippen LogP contribution in [0.5, 0.6) is 11.5 Å². The number of carbonyl (C=O) groups is 1. The lowest BCUT2D eigenvalue weighted by molar-refractivity contribution is -0.138. The zero-order chi connectivity index (χ0) is 27.1. The van der Waals surface area contributed by atoms with E-state index in [9.17, 15) is 18.3 Å². The van der Waals surface area contributed by atoms with E-state index in [1.807, 2.05) is 41.1 Å². The highest BCUT2D eigenvalue weighted by Crippen LogP contribution is 2.28. The van der Waals surface area contributed by atoms with Crippen LogP contribution in [0.2, 0.25) is 0 Å². The number of hydrogen-bond donors (Lipinski definition) is 2. The Kier molecular flexibility index (Phi) is 8.31. The summed E-state index contributed by atoms with van der Waals surface area (Å²) in [5.41, 5.74) is 2.50. The third-order valence-corrected chi connectivity index (χ3v) is 7.38. The van der Waals surface area contributed by atoms with E-state index < -0.39 is 22.0 Å². The molecule has 0 bridgehead atoms. The highest BCUT2D eigenvalue weighted by atomic mass is 32.2. The van der Waals surface area contributed by atoms with Crippen molar-refractivity contribution in [1.29, 1.82) is 0 Å². The SMILES string of the molecule is CC#CCOc1ccc(S(=O)(=O)N[C@@H](Cc2cn(Cc3cccnc3)c3ccc(OC)cc23)C(=O)O)cc1. The first-order valence-corrected chi connectivity index (χ1v) is 13.2. The molecule has 4 rings (SSSR count). The molecular weight excluding hydrogens is 506 g/mol. The Hall–Kier alpha value is -4.33. The van der Waals surface area contributed by atoms with Gasteiger partial charge in [0.15, 0.2) is 0 Å². The van der Waals surface area contributed by atoms with Crippen molar-refractivity contribution in [3.8, 4) is 23.3 Å². The Morgan fingerprint density at radius 2 is 1.92 bits per heavy atom. The normalized spacial score (nSPS) is 11.9. The third kappa shape index (κ3) is 6.32. The van der Waals surface area contributed by atoms with Gasteiger partial charge in [-0.3, -0.25) is 9.78 Å². The largest absolute Gasteiger partial charge is 0.497 e. The van der Waals surface area contributed by atoms with Crippen molar-refractivity contribution >= 4 is 26.9 Å². The van der Waals surface area contributed by atoms with Gasteiger partial charge >= 0.3 is 5.97 Å². The van der Waals surface area contributed by atoms with Crippen LogP contribution in [-0.4, -0.2) is 48.8 Å². The molecule has 196 valence electrons. The average Bonchev–Trinajstić information content (AvgIpc) is 3.25. The van der Waals surface area contributed by atoms with Crippen LogP contribution in [0, 0.1) is 11.8 Å². The van der Waals surface area contributed by atoms with Gasteiger partial charge in [-0.05, 0) is 66.6 Å². The van der Waals surface area contributed by atoms with E-state index in [2.05, 4.69) is 21.5 Å². The topological polar surface area (TPSA) is 120 Å². The van der Waals surface area contributed by atoms with Gasteiger partial charge in [0.25, 0.3) is 0 Å². The molecule has 0 spiro atoms. The van der Waals surface area contributed by atoms with Crippen LogP contribution in [0.1, 0.15) is 18.1 Å². The number of hydrogen-bond acceptors (Lipinski definition) is 6. The van der Waals surface area contributed by atoms with Crippen LogP contribution in [0.25, 0.3) is 10.9 Å². The Morgan fingerprint density at radius 3 is 2.58 bits per heavy atom. The number of methoxy groups -OCH3 is 1. The molecule has 0 aliphatic carbocycles. The van der Waals surface area contributed by atoms with Crippen molar-refractivity contribution in [2.75, 3.05) is 13.7 Å². The maximum atomic E-state index is 13.0. The van der Waals surface area contributed by atoms with Crippen LogP contribution < -0.4 is 14.2 Å². The second-order valence-electron chi connectivity index (χ2n) is 8.43. The number of nitrogens with one attached hydrogen (secondary N) is 1. The third-order valence-electron chi connectivity index (χ3n) is 5.89. The van der Waals surface area contributed by atoms with Gasteiger partial charge in [0, 0.05) is 42.5 Å². The Bertz CT molecular complexity index is 1590.